The number of halogens is 3. The zero-order chi connectivity index (χ0) is 22.6. The van der Waals surface area contributed by atoms with Crippen molar-refractivity contribution in [3.8, 4) is 11.1 Å². The molecule has 3 heterocycles. The molecular weight excluding hydrogens is 417 g/mol. The van der Waals surface area contributed by atoms with Crippen molar-refractivity contribution in [1.29, 1.82) is 0 Å². The number of nitrogen functional groups attached to an aromatic ring is 1. The molecule has 162 valence electrons. The summed E-state index contributed by atoms with van der Waals surface area (Å²) in [4.78, 5) is 8.37. The van der Waals surface area contributed by atoms with E-state index in [1.807, 2.05) is 17.7 Å². The first kappa shape index (κ1) is 20.0. The molecule has 5 rings (SSSR count). The number of aromatic nitrogens is 5. The molecule has 0 saturated heterocycles. The highest BCUT2D eigenvalue weighted by Gasteiger charge is 2.21. The number of hydrogen-bond acceptors (Lipinski definition) is 4. The highest BCUT2D eigenvalue weighted by atomic mass is 19.1. The van der Waals surface area contributed by atoms with Gasteiger partial charge in [0.2, 0.25) is 0 Å². The topological polar surface area (TPSA) is 74.5 Å². The molecule has 0 fully saturated rings. The summed E-state index contributed by atoms with van der Waals surface area (Å²) in [5.41, 5.74) is 9.09. The number of rotatable bonds is 4. The Balaban J connectivity index is 1.67. The van der Waals surface area contributed by atoms with Crippen LogP contribution in [-0.4, -0.2) is 24.3 Å². The fraction of sp³-hybridized carbons (Fsp3) is 0.174. The summed E-state index contributed by atoms with van der Waals surface area (Å²) in [5.74, 6) is -1.52. The summed E-state index contributed by atoms with van der Waals surface area (Å²) in [6.07, 6.45) is 3.20. The Morgan fingerprint density at radius 3 is 2.44 bits per heavy atom. The van der Waals surface area contributed by atoms with E-state index in [0.717, 1.165) is 6.07 Å². The number of aryl methyl sites for hydroxylation is 2. The first-order valence-corrected chi connectivity index (χ1v) is 10.1. The normalized spacial score (nSPS) is 11.7. The Morgan fingerprint density at radius 2 is 1.72 bits per heavy atom. The second kappa shape index (κ2) is 7.37. The molecule has 5 aromatic rings. The van der Waals surface area contributed by atoms with Gasteiger partial charge in [-0.05, 0) is 43.7 Å². The minimum absolute atomic E-state index is 0.111. The molecule has 0 atom stereocenters. The molecule has 0 spiro atoms. The molecule has 2 aromatic carbocycles. The number of hydrogen-bond donors (Lipinski definition) is 1. The second-order valence-corrected chi connectivity index (χ2v) is 7.63. The maximum atomic E-state index is 15.8. The lowest BCUT2D eigenvalue weighted by Crippen LogP contribution is -2.04. The molecule has 0 aliphatic rings. The summed E-state index contributed by atoms with van der Waals surface area (Å²) in [5, 5.41) is 5.37. The molecule has 32 heavy (non-hydrogen) atoms. The molecule has 9 heteroatoms. The van der Waals surface area contributed by atoms with Gasteiger partial charge < -0.3 is 10.3 Å². The fourth-order valence-electron chi connectivity index (χ4n) is 4.16. The molecule has 0 radical (unpaired) electrons. The van der Waals surface area contributed by atoms with Gasteiger partial charge >= 0.3 is 0 Å². The van der Waals surface area contributed by atoms with E-state index in [0.29, 0.717) is 50.9 Å². The number of nitrogens with zero attached hydrogens (tertiary/aromatic N) is 5. The minimum Gasteiger partial charge on any atom is -0.383 e. The van der Waals surface area contributed by atoms with Crippen molar-refractivity contribution in [3.05, 3.63) is 71.6 Å². The Bertz CT molecular complexity index is 1480. The van der Waals surface area contributed by atoms with Crippen LogP contribution in [0.15, 0.2) is 42.9 Å². The Labute approximate surface area is 181 Å². The lowest BCUT2D eigenvalue weighted by molar-refractivity contribution is 0.573. The van der Waals surface area contributed by atoms with Crippen molar-refractivity contribution < 1.29 is 13.2 Å². The van der Waals surface area contributed by atoms with Crippen LogP contribution in [0.3, 0.4) is 0 Å². The van der Waals surface area contributed by atoms with E-state index in [2.05, 4.69) is 15.1 Å². The van der Waals surface area contributed by atoms with Gasteiger partial charge in [-0.25, -0.2) is 23.1 Å². The zero-order valence-corrected chi connectivity index (χ0v) is 17.4. The third-order valence-corrected chi connectivity index (χ3v) is 5.67. The molecule has 6 nitrogen and oxygen atoms in total. The molecular formula is C23H19F3N6. The lowest BCUT2D eigenvalue weighted by Gasteiger charge is -2.06. The maximum Gasteiger partial charge on any atom is 0.146 e. The third-order valence-electron chi connectivity index (χ3n) is 5.67. The van der Waals surface area contributed by atoms with Gasteiger partial charge in [0.1, 0.15) is 35.2 Å². The van der Waals surface area contributed by atoms with Crippen LogP contribution < -0.4 is 5.73 Å². The van der Waals surface area contributed by atoms with Crippen molar-refractivity contribution in [1.82, 2.24) is 24.3 Å². The summed E-state index contributed by atoms with van der Waals surface area (Å²) in [6, 6.07) is 6.65. The SMILES string of the molecule is CCn1cc(-c2ccc3nn(Cc4cc(F)cc(F)c4)c(C)c3c2F)c2c(N)ncnc21. The van der Waals surface area contributed by atoms with E-state index in [1.54, 1.807) is 23.7 Å². The Hall–Kier alpha value is -3.88. The van der Waals surface area contributed by atoms with Crippen LogP contribution >= 0.6 is 0 Å². The van der Waals surface area contributed by atoms with Gasteiger partial charge in [0, 0.05) is 35.6 Å². The predicted octanol–water partition coefficient (Wildman–Crippen LogP) is 4.82. The summed E-state index contributed by atoms with van der Waals surface area (Å²) in [7, 11) is 0. The van der Waals surface area contributed by atoms with Crippen LogP contribution in [0.2, 0.25) is 0 Å². The van der Waals surface area contributed by atoms with E-state index in [-0.39, 0.29) is 12.4 Å². The van der Waals surface area contributed by atoms with Crippen molar-refractivity contribution in [2.24, 2.45) is 0 Å². The first-order chi connectivity index (χ1) is 15.4. The average Bonchev–Trinajstić information content (AvgIpc) is 3.27. The highest BCUT2D eigenvalue weighted by molar-refractivity contribution is 6.02. The van der Waals surface area contributed by atoms with Gasteiger partial charge in [0.25, 0.3) is 0 Å². The molecule has 0 aliphatic carbocycles. The maximum absolute atomic E-state index is 15.8. The second-order valence-electron chi connectivity index (χ2n) is 7.63. The van der Waals surface area contributed by atoms with Crippen molar-refractivity contribution in [2.45, 2.75) is 26.9 Å². The molecule has 0 saturated carbocycles. The number of benzene rings is 2. The minimum atomic E-state index is -0.671. The van der Waals surface area contributed by atoms with E-state index in [4.69, 9.17) is 5.73 Å². The average molecular weight is 436 g/mol. The van der Waals surface area contributed by atoms with E-state index < -0.39 is 17.5 Å². The van der Waals surface area contributed by atoms with Gasteiger partial charge in [-0.1, -0.05) is 0 Å². The summed E-state index contributed by atoms with van der Waals surface area (Å²) in [6.45, 7) is 4.44. The highest BCUT2D eigenvalue weighted by Crippen LogP contribution is 2.37. The van der Waals surface area contributed by atoms with E-state index in [1.165, 1.54) is 18.5 Å². The molecule has 2 N–H and O–H groups in total. The Kier molecular flexibility index (Phi) is 4.61. The Morgan fingerprint density at radius 1 is 0.969 bits per heavy atom. The molecule has 0 bridgehead atoms. The fourth-order valence-corrected chi connectivity index (χ4v) is 4.16. The third kappa shape index (κ3) is 3.08. The van der Waals surface area contributed by atoms with Crippen molar-refractivity contribution in [2.75, 3.05) is 5.73 Å². The summed E-state index contributed by atoms with van der Waals surface area (Å²) < 4.78 is 46.4. The largest absolute Gasteiger partial charge is 0.383 e. The van der Waals surface area contributed by atoms with Crippen LogP contribution in [-0.2, 0) is 13.1 Å². The van der Waals surface area contributed by atoms with Gasteiger partial charge in [-0.3, -0.25) is 4.68 Å². The van der Waals surface area contributed by atoms with E-state index >= 15 is 4.39 Å². The van der Waals surface area contributed by atoms with Crippen molar-refractivity contribution >= 4 is 27.8 Å². The van der Waals surface area contributed by atoms with Gasteiger partial charge in [-0.15, -0.1) is 0 Å². The van der Waals surface area contributed by atoms with Gasteiger partial charge in [0.15, 0.2) is 0 Å². The van der Waals surface area contributed by atoms with Crippen LogP contribution in [0.4, 0.5) is 19.0 Å². The van der Waals surface area contributed by atoms with Crippen LogP contribution in [0.5, 0.6) is 0 Å². The van der Waals surface area contributed by atoms with Gasteiger partial charge in [-0.2, -0.15) is 5.10 Å². The number of nitrogens with two attached hydrogens (primary N) is 1. The molecule has 3 aromatic heterocycles. The molecule has 0 aliphatic heterocycles. The van der Waals surface area contributed by atoms with Crippen LogP contribution in [0.25, 0.3) is 33.1 Å². The first-order valence-electron chi connectivity index (χ1n) is 10.1. The standard InChI is InChI=1S/C23H19F3N6/c1-3-31-10-17(20-22(27)28-11-29-23(20)31)16-4-5-18-19(21(16)26)12(2)32(30-18)9-13-6-14(24)8-15(25)7-13/h4-8,10-11H,3,9H2,1-2H3,(H2,27,28,29). The quantitative estimate of drug-likeness (QED) is 0.438. The number of anilines is 1. The van der Waals surface area contributed by atoms with Crippen molar-refractivity contribution in [3.63, 3.8) is 0 Å². The zero-order valence-electron chi connectivity index (χ0n) is 17.4. The smallest absolute Gasteiger partial charge is 0.146 e. The van der Waals surface area contributed by atoms with Gasteiger partial charge in [0.05, 0.1) is 22.8 Å². The summed E-state index contributed by atoms with van der Waals surface area (Å²) >= 11 is 0. The van der Waals surface area contributed by atoms with Crippen LogP contribution in [0.1, 0.15) is 18.2 Å². The monoisotopic (exact) mass is 436 g/mol. The number of fused-ring (bicyclic) bond motifs is 2. The van der Waals surface area contributed by atoms with Crippen LogP contribution in [0, 0.1) is 24.4 Å². The predicted molar refractivity (Wildman–Crippen MR) is 116 cm³/mol. The molecule has 0 amide bonds. The van der Waals surface area contributed by atoms with E-state index in [9.17, 15) is 8.78 Å². The lowest BCUT2D eigenvalue weighted by atomic mass is 10.0. The molecule has 0 unspecified atom stereocenters.